The molecular weight excluding hydrogens is 319 g/mol. The molecule has 1 aliphatic rings. The first-order valence-electron chi connectivity index (χ1n) is 8.27. The lowest BCUT2D eigenvalue weighted by molar-refractivity contribution is -0.119. The zero-order valence-corrected chi connectivity index (χ0v) is 13.8. The predicted molar refractivity (Wildman–Crippen MR) is 92.9 cm³/mol. The summed E-state index contributed by atoms with van der Waals surface area (Å²) in [4.78, 5) is 21.1. The number of carbonyl (C=O) groups excluding carboxylic acids is 1. The average Bonchev–Trinajstić information content (AvgIpc) is 3.46. The molecule has 0 aliphatic heterocycles. The number of rotatable bonds is 5. The van der Waals surface area contributed by atoms with Gasteiger partial charge in [-0.05, 0) is 31.0 Å². The molecule has 1 aliphatic carbocycles. The maximum atomic E-state index is 14.2. The lowest BCUT2D eigenvalue weighted by Crippen LogP contribution is -2.07. The molecule has 1 aromatic heterocycles. The minimum atomic E-state index is -0.316. The van der Waals surface area contributed by atoms with Crippen molar-refractivity contribution < 1.29 is 13.9 Å². The molecule has 0 spiro atoms. The normalized spacial score (nSPS) is 13.8. The van der Waals surface area contributed by atoms with Gasteiger partial charge in [-0.2, -0.15) is 0 Å². The molecule has 1 heterocycles. The van der Waals surface area contributed by atoms with Crippen LogP contribution in [0.15, 0.2) is 42.6 Å². The van der Waals surface area contributed by atoms with E-state index in [0.717, 1.165) is 12.8 Å². The molecule has 0 amide bonds. The van der Waals surface area contributed by atoms with Crippen molar-refractivity contribution in [2.75, 3.05) is 7.11 Å². The molecular formula is C20H17FN2O2. The highest BCUT2D eigenvalue weighted by atomic mass is 19.1. The molecule has 4 rings (SSSR count). The zero-order valence-electron chi connectivity index (χ0n) is 13.8. The van der Waals surface area contributed by atoms with Crippen LogP contribution in [0.25, 0.3) is 22.2 Å². The van der Waals surface area contributed by atoms with E-state index in [1.165, 1.54) is 6.07 Å². The molecule has 0 unspecified atom stereocenters. The lowest BCUT2D eigenvalue weighted by Gasteiger charge is -2.11. The van der Waals surface area contributed by atoms with E-state index >= 15 is 0 Å². The monoisotopic (exact) mass is 336 g/mol. The van der Waals surface area contributed by atoms with Gasteiger partial charge in [0.05, 0.1) is 19.2 Å². The molecule has 0 N–H and O–H groups in total. The van der Waals surface area contributed by atoms with Gasteiger partial charge in [0, 0.05) is 23.2 Å². The second-order valence-electron chi connectivity index (χ2n) is 6.27. The van der Waals surface area contributed by atoms with Crippen LogP contribution in [0, 0.1) is 11.7 Å². The third-order valence-electron chi connectivity index (χ3n) is 4.48. The number of carbonyl (C=O) groups is 1. The van der Waals surface area contributed by atoms with Crippen LogP contribution in [0.2, 0.25) is 0 Å². The first-order chi connectivity index (χ1) is 12.2. The maximum Gasteiger partial charge on any atom is 0.146 e. The van der Waals surface area contributed by atoms with Gasteiger partial charge in [0.1, 0.15) is 28.4 Å². The second kappa shape index (κ2) is 6.24. The van der Waals surface area contributed by atoms with Crippen LogP contribution in [0.5, 0.6) is 5.75 Å². The summed E-state index contributed by atoms with van der Waals surface area (Å²) in [5.74, 6) is 0.633. The van der Waals surface area contributed by atoms with Crippen molar-refractivity contribution in [2.45, 2.75) is 19.3 Å². The molecule has 1 fully saturated rings. The Bertz CT molecular complexity index is 967. The Morgan fingerprint density at radius 3 is 2.68 bits per heavy atom. The number of hydrogen-bond acceptors (Lipinski definition) is 4. The van der Waals surface area contributed by atoms with Crippen molar-refractivity contribution in [1.82, 2.24) is 9.97 Å². The Morgan fingerprint density at radius 1 is 1.16 bits per heavy atom. The fourth-order valence-electron chi connectivity index (χ4n) is 2.99. The molecule has 3 aromatic rings. The summed E-state index contributed by atoms with van der Waals surface area (Å²) in [5.41, 5.74) is 2.84. The summed E-state index contributed by atoms with van der Waals surface area (Å²) in [6.45, 7) is 0. The summed E-state index contributed by atoms with van der Waals surface area (Å²) >= 11 is 0. The molecule has 2 aromatic carbocycles. The van der Waals surface area contributed by atoms with E-state index in [-0.39, 0.29) is 23.9 Å². The van der Waals surface area contributed by atoms with Gasteiger partial charge in [-0.3, -0.25) is 9.78 Å². The molecule has 0 radical (unpaired) electrons. The summed E-state index contributed by atoms with van der Waals surface area (Å²) in [6, 6.07) is 10.1. The van der Waals surface area contributed by atoms with Crippen LogP contribution in [-0.2, 0) is 11.2 Å². The number of ketones is 1. The van der Waals surface area contributed by atoms with Crippen molar-refractivity contribution in [1.29, 1.82) is 0 Å². The Morgan fingerprint density at radius 2 is 1.96 bits per heavy atom. The number of hydrogen-bond donors (Lipinski definition) is 0. The van der Waals surface area contributed by atoms with Gasteiger partial charge >= 0.3 is 0 Å². The molecule has 25 heavy (non-hydrogen) atoms. The fourth-order valence-corrected chi connectivity index (χ4v) is 2.99. The van der Waals surface area contributed by atoms with Crippen molar-refractivity contribution in [3.05, 3.63) is 54.1 Å². The molecule has 0 saturated heterocycles. The number of nitrogens with zero attached hydrogens (tertiary/aromatic N) is 2. The van der Waals surface area contributed by atoms with Gasteiger partial charge < -0.3 is 4.74 Å². The number of aromatic nitrogens is 2. The van der Waals surface area contributed by atoms with Gasteiger partial charge in [0.15, 0.2) is 0 Å². The highest BCUT2D eigenvalue weighted by Crippen LogP contribution is 2.34. The van der Waals surface area contributed by atoms with Crippen LogP contribution in [-0.4, -0.2) is 22.9 Å². The minimum absolute atomic E-state index is 0.184. The zero-order chi connectivity index (χ0) is 17.4. The van der Waals surface area contributed by atoms with Crippen molar-refractivity contribution >= 4 is 16.8 Å². The molecule has 4 nitrogen and oxygen atoms in total. The summed E-state index contributed by atoms with van der Waals surface area (Å²) in [6.07, 6.45) is 3.83. The predicted octanol–water partition coefficient (Wildman–Crippen LogP) is 3.97. The maximum absolute atomic E-state index is 14.2. The van der Waals surface area contributed by atoms with Gasteiger partial charge in [-0.15, -0.1) is 0 Å². The summed E-state index contributed by atoms with van der Waals surface area (Å²) < 4.78 is 19.6. The highest BCUT2D eigenvalue weighted by molar-refractivity contribution is 5.95. The van der Waals surface area contributed by atoms with Gasteiger partial charge in [0.2, 0.25) is 0 Å². The molecule has 1 saturated carbocycles. The molecule has 0 atom stereocenters. The second-order valence-corrected chi connectivity index (χ2v) is 6.27. The molecule has 5 heteroatoms. The van der Waals surface area contributed by atoms with Crippen LogP contribution < -0.4 is 4.74 Å². The van der Waals surface area contributed by atoms with Crippen molar-refractivity contribution in [2.24, 2.45) is 5.92 Å². The highest BCUT2D eigenvalue weighted by Gasteiger charge is 2.29. The van der Waals surface area contributed by atoms with Crippen LogP contribution >= 0.6 is 0 Å². The third-order valence-corrected chi connectivity index (χ3v) is 4.48. The molecule has 126 valence electrons. The number of Topliss-reactive ketones (excluding diaryl/α,β-unsaturated/α-hetero) is 1. The summed E-state index contributed by atoms with van der Waals surface area (Å²) in [5, 5.41) is 0. The first kappa shape index (κ1) is 15.7. The third kappa shape index (κ3) is 2.97. The fraction of sp³-hybridized carbons (Fsp3) is 0.250. The summed E-state index contributed by atoms with van der Waals surface area (Å²) in [7, 11) is 1.56. The smallest absolute Gasteiger partial charge is 0.146 e. The first-order valence-corrected chi connectivity index (χ1v) is 8.27. The standard InChI is InChI=1S/C20H17FN2O2/c1-25-18-9-8-15(14-4-2-3-5-16(14)21)19-20(18)23-13(11-22-19)10-17(24)12-6-7-12/h2-5,8-9,11-12H,6-7,10H2,1H3. The molecule has 0 bridgehead atoms. The van der Waals surface area contributed by atoms with Crippen LogP contribution in [0.4, 0.5) is 4.39 Å². The Hall–Kier alpha value is -2.82. The van der Waals surface area contributed by atoms with Crippen LogP contribution in [0.1, 0.15) is 18.5 Å². The largest absolute Gasteiger partial charge is 0.494 e. The van der Waals surface area contributed by atoms with E-state index in [1.807, 2.05) is 0 Å². The Balaban J connectivity index is 1.83. The van der Waals surface area contributed by atoms with E-state index in [2.05, 4.69) is 9.97 Å². The topological polar surface area (TPSA) is 52.1 Å². The van der Waals surface area contributed by atoms with E-state index in [4.69, 9.17) is 4.74 Å². The SMILES string of the molecule is COc1ccc(-c2ccccc2F)c2ncc(CC(=O)C3CC3)nc12. The number of benzene rings is 2. The average molecular weight is 336 g/mol. The van der Waals surface area contributed by atoms with Crippen molar-refractivity contribution in [3.8, 4) is 16.9 Å². The number of fused-ring (bicyclic) bond motifs is 1. The van der Waals surface area contributed by atoms with Crippen molar-refractivity contribution in [3.63, 3.8) is 0 Å². The Kier molecular flexibility index (Phi) is 3.92. The lowest BCUT2D eigenvalue weighted by atomic mass is 10.0. The van der Waals surface area contributed by atoms with Crippen LogP contribution in [0.3, 0.4) is 0 Å². The Labute approximate surface area is 144 Å². The number of ether oxygens (including phenoxy) is 1. The van der Waals surface area contributed by atoms with Gasteiger partial charge in [-0.1, -0.05) is 18.2 Å². The minimum Gasteiger partial charge on any atom is -0.494 e. The van der Waals surface area contributed by atoms with E-state index in [0.29, 0.717) is 33.6 Å². The van der Waals surface area contributed by atoms with E-state index < -0.39 is 0 Å². The number of methoxy groups -OCH3 is 1. The van der Waals surface area contributed by atoms with E-state index in [1.54, 1.807) is 43.6 Å². The van der Waals surface area contributed by atoms with Gasteiger partial charge in [0.25, 0.3) is 0 Å². The van der Waals surface area contributed by atoms with Gasteiger partial charge in [-0.25, -0.2) is 9.37 Å². The quantitative estimate of drug-likeness (QED) is 0.707. The number of halogens is 1. The van der Waals surface area contributed by atoms with E-state index in [9.17, 15) is 9.18 Å².